The predicted molar refractivity (Wildman–Crippen MR) is 104 cm³/mol. The summed E-state index contributed by atoms with van der Waals surface area (Å²) < 4.78 is 5.25. The maximum atomic E-state index is 12.6. The fourth-order valence-corrected chi connectivity index (χ4v) is 3.27. The van der Waals surface area contributed by atoms with E-state index in [1.54, 1.807) is 30.9 Å². The van der Waals surface area contributed by atoms with Crippen molar-refractivity contribution in [2.75, 3.05) is 20.7 Å². The largest absolute Gasteiger partial charge is 0.497 e. The van der Waals surface area contributed by atoms with Crippen LogP contribution >= 0.6 is 0 Å². The lowest BCUT2D eigenvalue weighted by molar-refractivity contribution is -0.144. The third-order valence-corrected chi connectivity index (χ3v) is 5.15. The first-order valence-corrected chi connectivity index (χ1v) is 9.18. The number of carbonyl (C=O) groups is 2. The van der Waals surface area contributed by atoms with Crippen LogP contribution in [-0.4, -0.2) is 59.6 Å². The number of carboxylic acid groups (broad SMARTS) is 1. The maximum absolute atomic E-state index is 12.6. The fourth-order valence-electron chi connectivity index (χ4n) is 3.27. The Morgan fingerprint density at radius 2 is 1.85 bits per heavy atom. The molecule has 0 heterocycles. The Balaban J connectivity index is 1.66. The molecule has 1 fully saturated rings. The Bertz CT molecular complexity index is 847. The summed E-state index contributed by atoms with van der Waals surface area (Å²) >= 11 is 0. The lowest BCUT2D eigenvalue weighted by Crippen LogP contribution is -2.46. The van der Waals surface area contributed by atoms with E-state index < -0.39 is 12.0 Å². The summed E-state index contributed by atoms with van der Waals surface area (Å²) in [4.78, 5) is 27.4. The number of rotatable bonds is 8. The van der Waals surface area contributed by atoms with Crippen molar-refractivity contribution in [3.63, 3.8) is 0 Å². The van der Waals surface area contributed by atoms with Gasteiger partial charge in [0.1, 0.15) is 11.8 Å². The minimum absolute atomic E-state index is 0.0650. The topological polar surface area (TPSA) is 70.1 Å². The van der Waals surface area contributed by atoms with Crippen LogP contribution < -0.4 is 4.74 Å². The van der Waals surface area contributed by atoms with Gasteiger partial charge in [0, 0.05) is 19.6 Å². The van der Waals surface area contributed by atoms with Gasteiger partial charge in [-0.15, -0.1) is 0 Å². The number of fused-ring (bicyclic) bond motifs is 1. The van der Waals surface area contributed by atoms with Gasteiger partial charge in [0.15, 0.2) is 0 Å². The standard InChI is InChI=1S/C21H26N2O4/c1-14(21(25)26)23(18-7-8-18)13-20(24)22(2)12-15-4-5-17-11-19(27-3)9-6-16(17)10-15/h4-6,9-11,14,18H,7-8,12-13H2,1-3H3,(H,25,26). The molecule has 0 bridgehead atoms. The molecule has 6 nitrogen and oxygen atoms in total. The molecule has 27 heavy (non-hydrogen) atoms. The molecular weight excluding hydrogens is 344 g/mol. The fraction of sp³-hybridized carbons (Fsp3) is 0.429. The monoisotopic (exact) mass is 370 g/mol. The number of aliphatic carboxylic acids is 1. The van der Waals surface area contributed by atoms with Gasteiger partial charge in [-0.05, 0) is 54.3 Å². The van der Waals surface area contributed by atoms with Gasteiger partial charge in [-0.3, -0.25) is 14.5 Å². The molecule has 0 saturated heterocycles. The van der Waals surface area contributed by atoms with Crippen molar-refractivity contribution in [2.24, 2.45) is 0 Å². The van der Waals surface area contributed by atoms with Gasteiger partial charge in [-0.25, -0.2) is 0 Å². The first kappa shape index (κ1) is 19.2. The highest BCUT2D eigenvalue weighted by Crippen LogP contribution is 2.28. The first-order valence-electron chi connectivity index (χ1n) is 9.18. The second-order valence-corrected chi connectivity index (χ2v) is 7.21. The van der Waals surface area contributed by atoms with Crippen molar-refractivity contribution >= 4 is 22.6 Å². The molecule has 1 saturated carbocycles. The van der Waals surface area contributed by atoms with E-state index in [9.17, 15) is 14.7 Å². The molecule has 144 valence electrons. The zero-order valence-electron chi connectivity index (χ0n) is 16.0. The molecule has 3 rings (SSSR count). The number of methoxy groups -OCH3 is 1. The molecule has 1 aliphatic carbocycles. The molecule has 0 spiro atoms. The van der Waals surface area contributed by atoms with Crippen LogP contribution in [0.3, 0.4) is 0 Å². The van der Waals surface area contributed by atoms with Gasteiger partial charge in [-0.1, -0.05) is 18.2 Å². The summed E-state index contributed by atoms with van der Waals surface area (Å²) in [6.45, 7) is 2.27. The third kappa shape index (κ3) is 4.57. The van der Waals surface area contributed by atoms with E-state index in [1.807, 2.05) is 30.3 Å². The molecule has 1 amide bonds. The smallest absolute Gasteiger partial charge is 0.320 e. The zero-order valence-corrected chi connectivity index (χ0v) is 16.0. The van der Waals surface area contributed by atoms with Crippen molar-refractivity contribution < 1.29 is 19.4 Å². The average Bonchev–Trinajstić information content (AvgIpc) is 3.49. The number of likely N-dealkylation sites (N-methyl/N-ethyl adjacent to an activating group) is 1. The number of carboxylic acids is 1. The minimum Gasteiger partial charge on any atom is -0.497 e. The SMILES string of the molecule is COc1ccc2cc(CN(C)C(=O)CN(C3CC3)C(C)C(=O)O)ccc2c1. The first-order chi connectivity index (χ1) is 12.9. The van der Waals surface area contributed by atoms with Gasteiger partial charge in [0.05, 0.1) is 13.7 Å². The van der Waals surface area contributed by atoms with E-state index >= 15 is 0 Å². The Morgan fingerprint density at radius 1 is 1.19 bits per heavy atom. The van der Waals surface area contributed by atoms with Crippen molar-refractivity contribution in [1.29, 1.82) is 0 Å². The molecular formula is C21H26N2O4. The van der Waals surface area contributed by atoms with Crippen molar-refractivity contribution in [1.82, 2.24) is 9.80 Å². The van der Waals surface area contributed by atoms with E-state index in [2.05, 4.69) is 6.07 Å². The van der Waals surface area contributed by atoms with E-state index in [1.165, 1.54) is 0 Å². The van der Waals surface area contributed by atoms with Crippen LogP contribution in [-0.2, 0) is 16.1 Å². The minimum atomic E-state index is -0.887. The van der Waals surface area contributed by atoms with Gasteiger partial charge < -0.3 is 14.7 Å². The van der Waals surface area contributed by atoms with Gasteiger partial charge >= 0.3 is 5.97 Å². The Morgan fingerprint density at radius 3 is 2.48 bits per heavy atom. The van der Waals surface area contributed by atoms with E-state index in [0.29, 0.717) is 6.54 Å². The van der Waals surface area contributed by atoms with Crippen molar-refractivity contribution in [3.05, 3.63) is 42.0 Å². The van der Waals surface area contributed by atoms with Crippen LogP contribution in [0.1, 0.15) is 25.3 Å². The van der Waals surface area contributed by atoms with Crippen LogP contribution in [0.2, 0.25) is 0 Å². The predicted octanol–water partition coefficient (Wildman–Crippen LogP) is 2.74. The highest BCUT2D eigenvalue weighted by molar-refractivity contribution is 5.85. The summed E-state index contributed by atoms with van der Waals surface area (Å²) in [6, 6.07) is 11.6. The number of carbonyl (C=O) groups excluding carboxylic acids is 1. The molecule has 0 aromatic heterocycles. The summed E-state index contributed by atoms with van der Waals surface area (Å²) in [5.74, 6) is -0.137. The highest BCUT2D eigenvalue weighted by Gasteiger charge is 2.36. The van der Waals surface area contributed by atoms with Crippen LogP contribution in [0.15, 0.2) is 36.4 Å². The van der Waals surface area contributed by atoms with Gasteiger partial charge in [0.25, 0.3) is 0 Å². The highest BCUT2D eigenvalue weighted by atomic mass is 16.5. The van der Waals surface area contributed by atoms with Crippen LogP contribution in [0.4, 0.5) is 0 Å². The Labute approximate surface area is 159 Å². The molecule has 0 aliphatic heterocycles. The lowest BCUT2D eigenvalue weighted by Gasteiger charge is -2.28. The molecule has 1 aliphatic rings. The number of benzene rings is 2. The van der Waals surface area contributed by atoms with Gasteiger partial charge in [-0.2, -0.15) is 0 Å². The molecule has 2 aromatic rings. The quantitative estimate of drug-likeness (QED) is 0.774. The zero-order chi connectivity index (χ0) is 19.6. The number of ether oxygens (including phenoxy) is 1. The molecule has 1 atom stereocenters. The number of nitrogens with zero attached hydrogens (tertiary/aromatic N) is 2. The number of hydrogen-bond donors (Lipinski definition) is 1. The number of amides is 1. The molecule has 1 unspecified atom stereocenters. The second kappa shape index (κ2) is 7.96. The lowest BCUT2D eigenvalue weighted by atomic mass is 10.1. The normalized spacial score (nSPS) is 15.0. The van der Waals surface area contributed by atoms with Gasteiger partial charge in [0.2, 0.25) is 5.91 Å². The van der Waals surface area contributed by atoms with E-state index in [0.717, 1.165) is 34.9 Å². The summed E-state index contributed by atoms with van der Waals surface area (Å²) in [5, 5.41) is 11.5. The van der Waals surface area contributed by atoms with Crippen molar-refractivity contribution in [2.45, 2.75) is 38.4 Å². The van der Waals surface area contributed by atoms with Crippen LogP contribution in [0.25, 0.3) is 10.8 Å². The van der Waals surface area contributed by atoms with Crippen LogP contribution in [0, 0.1) is 0 Å². The second-order valence-electron chi connectivity index (χ2n) is 7.21. The van der Waals surface area contributed by atoms with E-state index in [4.69, 9.17) is 4.74 Å². The Kier molecular flexibility index (Phi) is 5.65. The van der Waals surface area contributed by atoms with Crippen LogP contribution in [0.5, 0.6) is 5.75 Å². The molecule has 1 N–H and O–H groups in total. The molecule has 2 aromatic carbocycles. The summed E-state index contributed by atoms with van der Waals surface area (Å²) in [7, 11) is 3.41. The third-order valence-electron chi connectivity index (χ3n) is 5.15. The van der Waals surface area contributed by atoms with Crippen molar-refractivity contribution in [3.8, 4) is 5.75 Å². The summed E-state index contributed by atoms with van der Waals surface area (Å²) in [6.07, 6.45) is 1.92. The van der Waals surface area contributed by atoms with E-state index in [-0.39, 0.29) is 18.5 Å². The number of hydrogen-bond acceptors (Lipinski definition) is 4. The summed E-state index contributed by atoms with van der Waals surface area (Å²) in [5.41, 5.74) is 1.03. The Hall–Kier alpha value is -2.60. The average molecular weight is 370 g/mol. The maximum Gasteiger partial charge on any atom is 0.320 e. The molecule has 0 radical (unpaired) electrons. The molecule has 6 heteroatoms.